The molecule has 78 valence electrons. The van der Waals surface area contributed by atoms with Crippen LogP contribution in [0.2, 0.25) is 0 Å². The van der Waals surface area contributed by atoms with E-state index in [1.165, 1.54) is 5.56 Å². The maximum atomic E-state index is 11.1. The van der Waals surface area contributed by atoms with Gasteiger partial charge in [-0.1, -0.05) is 29.8 Å². The van der Waals surface area contributed by atoms with Crippen LogP contribution >= 0.6 is 0 Å². The minimum atomic E-state index is -0.284. The van der Waals surface area contributed by atoms with Crippen LogP contribution in [0, 0.1) is 6.92 Å². The van der Waals surface area contributed by atoms with Crippen molar-refractivity contribution in [3.63, 3.8) is 0 Å². The molecule has 1 aliphatic rings. The van der Waals surface area contributed by atoms with E-state index in [9.17, 15) is 4.79 Å². The van der Waals surface area contributed by atoms with Crippen molar-refractivity contribution in [1.82, 2.24) is 4.90 Å². The molecule has 3 nitrogen and oxygen atoms in total. The van der Waals surface area contributed by atoms with Gasteiger partial charge in [0.2, 0.25) is 0 Å². The third-order valence-electron chi connectivity index (χ3n) is 2.33. The molecule has 0 N–H and O–H groups in total. The number of benzene rings is 1. The van der Waals surface area contributed by atoms with Crippen LogP contribution in [0.1, 0.15) is 11.1 Å². The van der Waals surface area contributed by atoms with E-state index in [-0.39, 0.29) is 6.09 Å². The second kappa shape index (κ2) is 3.77. The lowest BCUT2D eigenvalue weighted by Gasteiger charge is -1.98. The summed E-state index contributed by atoms with van der Waals surface area (Å²) in [5.74, 6) is 0.700. The van der Waals surface area contributed by atoms with E-state index in [1.807, 2.05) is 37.3 Å². The molecule has 0 bridgehead atoms. The molecule has 0 spiro atoms. The summed E-state index contributed by atoms with van der Waals surface area (Å²) in [4.78, 5) is 12.6. The van der Waals surface area contributed by atoms with Crippen molar-refractivity contribution in [2.45, 2.75) is 6.92 Å². The number of carbonyl (C=O) groups is 1. The number of hydrogen-bond acceptors (Lipinski definition) is 2. The third-order valence-corrected chi connectivity index (χ3v) is 2.33. The Morgan fingerprint density at radius 1 is 1.33 bits per heavy atom. The molecule has 15 heavy (non-hydrogen) atoms. The molecule has 1 aromatic rings. The van der Waals surface area contributed by atoms with Crippen LogP contribution in [-0.4, -0.2) is 24.6 Å². The minimum Gasteiger partial charge on any atom is -0.413 e. The highest BCUT2D eigenvalue weighted by Crippen LogP contribution is 2.16. The summed E-state index contributed by atoms with van der Waals surface area (Å²) in [5.41, 5.74) is 2.27. The van der Waals surface area contributed by atoms with Crippen molar-refractivity contribution in [3.05, 3.63) is 41.2 Å². The zero-order valence-corrected chi connectivity index (χ0v) is 8.86. The highest BCUT2D eigenvalue weighted by Gasteiger charge is 2.22. The van der Waals surface area contributed by atoms with Gasteiger partial charge in [-0.15, -0.1) is 0 Å². The molecule has 0 saturated carbocycles. The first-order chi connectivity index (χ1) is 7.15. The molecule has 1 fully saturated rings. The maximum Gasteiger partial charge on any atom is 0.415 e. The number of carbonyl (C=O) groups excluding carboxylic acids is 1. The van der Waals surface area contributed by atoms with Crippen molar-refractivity contribution < 1.29 is 9.53 Å². The Morgan fingerprint density at radius 2 is 2.00 bits per heavy atom. The lowest BCUT2D eigenvalue weighted by Crippen LogP contribution is -2.17. The standard InChI is InChI=1S/C12H13NO2/c1-9-3-5-10(6-4-9)7-11-8-13(2)12(14)15-11/h3-7H,8H2,1-2H3/b11-7-. The van der Waals surface area contributed by atoms with Crippen LogP contribution in [0.4, 0.5) is 4.79 Å². The first-order valence-corrected chi connectivity index (χ1v) is 4.85. The second-order valence-corrected chi connectivity index (χ2v) is 3.75. The van der Waals surface area contributed by atoms with Gasteiger partial charge >= 0.3 is 6.09 Å². The fourth-order valence-corrected chi connectivity index (χ4v) is 1.44. The second-order valence-electron chi connectivity index (χ2n) is 3.75. The van der Waals surface area contributed by atoms with Gasteiger partial charge in [-0.2, -0.15) is 0 Å². The third kappa shape index (κ3) is 2.18. The quantitative estimate of drug-likeness (QED) is 0.701. The largest absolute Gasteiger partial charge is 0.415 e. The van der Waals surface area contributed by atoms with E-state index >= 15 is 0 Å². The van der Waals surface area contributed by atoms with Crippen LogP contribution < -0.4 is 0 Å². The van der Waals surface area contributed by atoms with E-state index in [2.05, 4.69) is 0 Å². The average Bonchev–Trinajstić information content (AvgIpc) is 2.50. The average molecular weight is 203 g/mol. The molecule has 3 heteroatoms. The molecule has 2 rings (SSSR count). The Morgan fingerprint density at radius 3 is 2.53 bits per heavy atom. The number of likely N-dealkylation sites (N-methyl/N-ethyl adjacent to an activating group) is 1. The molecular weight excluding hydrogens is 190 g/mol. The number of ether oxygens (including phenoxy) is 1. The van der Waals surface area contributed by atoms with Crippen molar-refractivity contribution >= 4 is 12.2 Å². The van der Waals surface area contributed by atoms with E-state index in [0.29, 0.717) is 12.3 Å². The molecule has 1 amide bonds. The SMILES string of the molecule is Cc1ccc(/C=C2/CN(C)C(=O)O2)cc1. The summed E-state index contributed by atoms with van der Waals surface area (Å²) in [5, 5.41) is 0. The van der Waals surface area contributed by atoms with Gasteiger partial charge in [0.15, 0.2) is 0 Å². The molecule has 0 aliphatic carbocycles. The lowest BCUT2D eigenvalue weighted by molar-refractivity contribution is 0.175. The first-order valence-electron chi connectivity index (χ1n) is 4.85. The normalized spacial score (nSPS) is 18.4. The Labute approximate surface area is 89.0 Å². The van der Waals surface area contributed by atoms with Crippen LogP contribution in [0.5, 0.6) is 0 Å². The molecule has 0 radical (unpaired) electrons. The smallest absolute Gasteiger partial charge is 0.413 e. The Kier molecular flexibility index (Phi) is 2.46. The van der Waals surface area contributed by atoms with Crippen LogP contribution in [0.15, 0.2) is 30.0 Å². The summed E-state index contributed by atoms with van der Waals surface area (Å²) in [6.07, 6.45) is 1.61. The highest BCUT2D eigenvalue weighted by molar-refractivity contribution is 5.73. The number of aryl methyl sites for hydroxylation is 1. The molecule has 1 heterocycles. The van der Waals surface area contributed by atoms with Gasteiger partial charge in [0.05, 0.1) is 6.54 Å². The van der Waals surface area contributed by atoms with Crippen molar-refractivity contribution in [3.8, 4) is 0 Å². The van der Waals surface area contributed by atoms with E-state index in [1.54, 1.807) is 11.9 Å². The van der Waals surface area contributed by atoms with Crippen molar-refractivity contribution in [2.24, 2.45) is 0 Å². The molecule has 1 aromatic carbocycles. The Bertz CT molecular complexity index is 406. The maximum absolute atomic E-state index is 11.1. The summed E-state index contributed by atoms with van der Waals surface area (Å²) in [7, 11) is 1.72. The first kappa shape index (κ1) is 9.77. The minimum absolute atomic E-state index is 0.284. The number of nitrogens with zero attached hydrogens (tertiary/aromatic N) is 1. The van der Waals surface area contributed by atoms with Gasteiger partial charge in [-0.25, -0.2) is 4.79 Å². The molecule has 0 aromatic heterocycles. The molecule has 1 aliphatic heterocycles. The van der Waals surface area contributed by atoms with E-state index in [0.717, 1.165) is 5.56 Å². The van der Waals surface area contributed by atoms with Gasteiger partial charge in [0.1, 0.15) is 5.76 Å². The van der Waals surface area contributed by atoms with Crippen molar-refractivity contribution in [1.29, 1.82) is 0 Å². The van der Waals surface area contributed by atoms with Crippen molar-refractivity contribution in [2.75, 3.05) is 13.6 Å². The predicted octanol–water partition coefficient (Wildman–Crippen LogP) is 2.42. The number of cyclic esters (lactones) is 1. The topological polar surface area (TPSA) is 29.5 Å². The fourth-order valence-electron chi connectivity index (χ4n) is 1.44. The summed E-state index contributed by atoms with van der Waals surface area (Å²) in [6, 6.07) is 8.09. The van der Waals surface area contributed by atoms with Gasteiger partial charge in [0, 0.05) is 7.05 Å². The fraction of sp³-hybridized carbons (Fsp3) is 0.250. The van der Waals surface area contributed by atoms with E-state index in [4.69, 9.17) is 4.74 Å². The zero-order chi connectivity index (χ0) is 10.8. The molecular formula is C12H13NO2. The lowest BCUT2D eigenvalue weighted by atomic mass is 10.1. The summed E-state index contributed by atoms with van der Waals surface area (Å²) in [6.45, 7) is 2.59. The van der Waals surface area contributed by atoms with Gasteiger partial charge in [-0.3, -0.25) is 0 Å². The van der Waals surface area contributed by atoms with Crippen LogP contribution in [0.3, 0.4) is 0 Å². The van der Waals surface area contributed by atoms with Gasteiger partial charge in [0.25, 0.3) is 0 Å². The monoisotopic (exact) mass is 203 g/mol. The zero-order valence-electron chi connectivity index (χ0n) is 8.86. The molecule has 0 atom stereocenters. The highest BCUT2D eigenvalue weighted by atomic mass is 16.6. The number of rotatable bonds is 1. The van der Waals surface area contributed by atoms with Crippen LogP contribution in [-0.2, 0) is 4.74 Å². The Hall–Kier alpha value is -1.77. The Balaban J connectivity index is 2.17. The number of hydrogen-bond donors (Lipinski definition) is 0. The molecule has 0 unspecified atom stereocenters. The summed E-state index contributed by atoms with van der Waals surface area (Å²) < 4.78 is 5.06. The van der Waals surface area contributed by atoms with Crippen LogP contribution in [0.25, 0.3) is 6.08 Å². The number of amides is 1. The summed E-state index contributed by atoms with van der Waals surface area (Å²) >= 11 is 0. The van der Waals surface area contributed by atoms with Gasteiger partial charge < -0.3 is 9.64 Å². The molecule has 1 saturated heterocycles. The van der Waals surface area contributed by atoms with Gasteiger partial charge in [-0.05, 0) is 18.6 Å². The predicted molar refractivity (Wildman–Crippen MR) is 58.3 cm³/mol. The van der Waals surface area contributed by atoms with E-state index < -0.39 is 0 Å².